The maximum Gasteiger partial charge on any atom is 0.227 e. The first kappa shape index (κ1) is 18.0. The molecule has 1 atom stereocenters. The Morgan fingerprint density at radius 1 is 1.07 bits per heavy atom. The quantitative estimate of drug-likeness (QED) is 0.743. The number of hydrogen-bond acceptors (Lipinski definition) is 3. The number of carbonyl (C=O) groups is 2. The summed E-state index contributed by atoms with van der Waals surface area (Å²) in [6.45, 7) is 0.770. The molecule has 2 amide bonds. The Hall–Kier alpha value is -3.34. The van der Waals surface area contributed by atoms with E-state index in [0.29, 0.717) is 13.1 Å². The van der Waals surface area contributed by atoms with E-state index in [4.69, 9.17) is 4.74 Å². The number of anilines is 1. The zero-order valence-corrected chi connectivity index (χ0v) is 15.7. The Labute approximate surface area is 163 Å². The number of nitrogens with one attached hydrogen (secondary N) is 1. The van der Waals surface area contributed by atoms with Crippen LogP contribution in [0.4, 0.5) is 5.69 Å². The monoisotopic (exact) mass is 374 g/mol. The second kappa shape index (κ2) is 7.72. The number of fused-ring (bicyclic) bond motifs is 1. The van der Waals surface area contributed by atoms with Crippen LogP contribution in [0.3, 0.4) is 0 Å². The fourth-order valence-electron chi connectivity index (χ4n) is 3.74. The smallest absolute Gasteiger partial charge is 0.227 e. The Bertz CT molecular complexity index is 1030. The van der Waals surface area contributed by atoms with E-state index in [1.54, 1.807) is 12.0 Å². The third-order valence-corrected chi connectivity index (χ3v) is 5.20. The van der Waals surface area contributed by atoms with Crippen molar-refractivity contribution in [3.8, 4) is 5.75 Å². The number of ether oxygens (including phenoxy) is 1. The predicted molar refractivity (Wildman–Crippen MR) is 109 cm³/mol. The largest absolute Gasteiger partial charge is 0.496 e. The third-order valence-electron chi connectivity index (χ3n) is 5.20. The van der Waals surface area contributed by atoms with Gasteiger partial charge in [0.1, 0.15) is 5.75 Å². The van der Waals surface area contributed by atoms with Gasteiger partial charge in [0.15, 0.2) is 0 Å². The molecule has 1 fully saturated rings. The van der Waals surface area contributed by atoms with E-state index in [0.717, 1.165) is 27.8 Å². The molecule has 0 aliphatic carbocycles. The topological polar surface area (TPSA) is 58.6 Å². The fourth-order valence-corrected chi connectivity index (χ4v) is 3.74. The van der Waals surface area contributed by atoms with Crippen molar-refractivity contribution in [2.75, 3.05) is 18.6 Å². The SMILES string of the molecule is COc1ccccc1CNC(=O)[C@@H]1CC(=O)N(c2cccc3ccccc23)C1. The molecule has 0 unspecified atom stereocenters. The number of rotatable bonds is 5. The zero-order valence-electron chi connectivity index (χ0n) is 15.7. The van der Waals surface area contributed by atoms with Gasteiger partial charge in [-0.2, -0.15) is 0 Å². The lowest BCUT2D eigenvalue weighted by Gasteiger charge is -2.19. The van der Waals surface area contributed by atoms with Crippen molar-refractivity contribution in [3.63, 3.8) is 0 Å². The van der Waals surface area contributed by atoms with Crippen LogP contribution in [0.2, 0.25) is 0 Å². The molecule has 0 radical (unpaired) electrons. The Morgan fingerprint density at radius 3 is 2.68 bits per heavy atom. The van der Waals surface area contributed by atoms with E-state index in [1.807, 2.05) is 66.7 Å². The average molecular weight is 374 g/mol. The summed E-state index contributed by atoms with van der Waals surface area (Å²) in [4.78, 5) is 27.0. The number of amides is 2. The summed E-state index contributed by atoms with van der Waals surface area (Å²) in [5.41, 5.74) is 1.77. The van der Waals surface area contributed by atoms with Crippen LogP contribution in [-0.2, 0) is 16.1 Å². The first-order valence-electron chi connectivity index (χ1n) is 9.35. The van der Waals surface area contributed by atoms with Gasteiger partial charge in [-0.1, -0.05) is 54.6 Å². The van der Waals surface area contributed by atoms with E-state index in [-0.39, 0.29) is 24.2 Å². The van der Waals surface area contributed by atoms with Crippen LogP contribution < -0.4 is 15.0 Å². The molecule has 28 heavy (non-hydrogen) atoms. The molecule has 142 valence electrons. The summed E-state index contributed by atoms with van der Waals surface area (Å²) in [6.07, 6.45) is 0.223. The van der Waals surface area contributed by atoms with Crippen LogP contribution in [0.25, 0.3) is 10.8 Å². The van der Waals surface area contributed by atoms with Gasteiger partial charge in [0.25, 0.3) is 0 Å². The molecule has 5 nitrogen and oxygen atoms in total. The van der Waals surface area contributed by atoms with E-state index in [2.05, 4.69) is 5.32 Å². The molecule has 0 spiro atoms. The standard InChI is InChI=1S/C23H22N2O3/c1-28-21-12-5-3-8-17(21)14-24-23(27)18-13-22(26)25(15-18)20-11-6-9-16-7-2-4-10-19(16)20/h2-12,18H,13-15H2,1H3,(H,24,27)/t18-/m1/s1. The molecule has 0 aromatic heterocycles. The van der Waals surface area contributed by atoms with Gasteiger partial charge in [0, 0.05) is 30.5 Å². The van der Waals surface area contributed by atoms with Crippen LogP contribution >= 0.6 is 0 Å². The lowest BCUT2D eigenvalue weighted by atomic mass is 10.1. The molecular formula is C23H22N2O3. The molecule has 3 aromatic carbocycles. The summed E-state index contributed by atoms with van der Waals surface area (Å²) in [7, 11) is 1.61. The Morgan fingerprint density at radius 2 is 1.82 bits per heavy atom. The lowest BCUT2D eigenvalue weighted by Crippen LogP contribution is -2.32. The van der Waals surface area contributed by atoms with Crippen molar-refractivity contribution in [1.29, 1.82) is 0 Å². The predicted octanol–water partition coefficient (Wildman–Crippen LogP) is 3.52. The maximum atomic E-state index is 12.7. The van der Waals surface area contributed by atoms with Gasteiger partial charge in [-0.3, -0.25) is 9.59 Å². The molecule has 3 aromatic rings. The molecular weight excluding hydrogens is 352 g/mol. The van der Waals surface area contributed by atoms with Gasteiger partial charge in [-0.15, -0.1) is 0 Å². The van der Waals surface area contributed by atoms with Gasteiger partial charge in [-0.05, 0) is 17.5 Å². The van der Waals surface area contributed by atoms with Crippen LogP contribution in [0.15, 0.2) is 66.7 Å². The number of hydrogen-bond donors (Lipinski definition) is 1. The van der Waals surface area contributed by atoms with Crippen LogP contribution in [0.1, 0.15) is 12.0 Å². The molecule has 1 aliphatic heterocycles. The summed E-state index contributed by atoms with van der Waals surface area (Å²) in [5, 5.41) is 5.05. The Balaban J connectivity index is 1.48. The third kappa shape index (κ3) is 3.43. The highest BCUT2D eigenvalue weighted by molar-refractivity contribution is 6.06. The van der Waals surface area contributed by atoms with E-state index in [9.17, 15) is 9.59 Å². The van der Waals surface area contributed by atoms with Gasteiger partial charge in [0.2, 0.25) is 11.8 Å². The van der Waals surface area contributed by atoms with E-state index >= 15 is 0 Å². The second-order valence-electron chi connectivity index (χ2n) is 6.93. The summed E-state index contributed by atoms with van der Waals surface area (Å²) >= 11 is 0. The van der Waals surface area contributed by atoms with E-state index in [1.165, 1.54) is 0 Å². The van der Waals surface area contributed by atoms with Gasteiger partial charge >= 0.3 is 0 Å². The summed E-state index contributed by atoms with van der Waals surface area (Å²) < 4.78 is 5.32. The van der Waals surface area contributed by atoms with Crippen LogP contribution in [-0.4, -0.2) is 25.5 Å². The molecule has 0 saturated carbocycles. The highest BCUT2D eigenvalue weighted by Gasteiger charge is 2.35. The van der Waals surface area contributed by atoms with Crippen molar-refractivity contribution in [2.24, 2.45) is 5.92 Å². The minimum Gasteiger partial charge on any atom is -0.496 e. The van der Waals surface area contributed by atoms with Crippen molar-refractivity contribution in [3.05, 3.63) is 72.3 Å². The number of nitrogens with zero attached hydrogens (tertiary/aromatic N) is 1. The molecule has 1 aliphatic rings. The summed E-state index contributed by atoms with van der Waals surface area (Å²) in [5.74, 6) is 0.250. The minimum absolute atomic E-state index is 0.0196. The fraction of sp³-hybridized carbons (Fsp3) is 0.217. The first-order chi connectivity index (χ1) is 13.7. The second-order valence-corrected chi connectivity index (χ2v) is 6.93. The Kier molecular flexibility index (Phi) is 4.98. The maximum absolute atomic E-state index is 12.7. The van der Waals surface area contributed by atoms with Crippen molar-refractivity contribution in [2.45, 2.75) is 13.0 Å². The average Bonchev–Trinajstić information content (AvgIpc) is 3.13. The van der Waals surface area contributed by atoms with Gasteiger partial charge in [-0.25, -0.2) is 0 Å². The highest BCUT2D eigenvalue weighted by atomic mass is 16.5. The first-order valence-corrected chi connectivity index (χ1v) is 9.35. The van der Waals surface area contributed by atoms with Crippen LogP contribution in [0.5, 0.6) is 5.75 Å². The lowest BCUT2D eigenvalue weighted by molar-refractivity contribution is -0.126. The van der Waals surface area contributed by atoms with Gasteiger partial charge < -0.3 is 15.0 Å². The number of benzene rings is 3. The molecule has 1 N–H and O–H groups in total. The molecule has 1 saturated heterocycles. The number of para-hydroxylation sites is 1. The highest BCUT2D eigenvalue weighted by Crippen LogP contribution is 2.31. The molecule has 0 bridgehead atoms. The van der Waals surface area contributed by atoms with Crippen molar-refractivity contribution < 1.29 is 14.3 Å². The number of methoxy groups -OCH3 is 1. The number of carbonyl (C=O) groups excluding carboxylic acids is 2. The molecule has 1 heterocycles. The van der Waals surface area contributed by atoms with E-state index < -0.39 is 0 Å². The minimum atomic E-state index is -0.360. The molecule has 4 rings (SSSR count). The van der Waals surface area contributed by atoms with Gasteiger partial charge in [0.05, 0.1) is 18.7 Å². The normalized spacial score (nSPS) is 16.4. The zero-order chi connectivity index (χ0) is 19.5. The van der Waals surface area contributed by atoms with Crippen molar-refractivity contribution >= 4 is 28.3 Å². The van der Waals surface area contributed by atoms with Crippen LogP contribution in [0, 0.1) is 5.92 Å². The summed E-state index contributed by atoms with van der Waals surface area (Å²) in [6, 6.07) is 21.5. The molecule has 5 heteroatoms. The van der Waals surface area contributed by atoms with Crippen molar-refractivity contribution in [1.82, 2.24) is 5.32 Å².